The second kappa shape index (κ2) is 3.36. The molecule has 1 saturated carbocycles. The quantitative estimate of drug-likeness (QED) is 0.728. The Morgan fingerprint density at radius 2 is 2.28 bits per heavy atom. The second-order valence-corrected chi connectivity index (χ2v) is 4.78. The number of rotatable bonds is 2. The molecule has 18 heavy (non-hydrogen) atoms. The Kier molecular flexibility index (Phi) is 1.98. The van der Waals surface area contributed by atoms with Crippen LogP contribution in [-0.2, 0) is 19.0 Å². The van der Waals surface area contributed by atoms with E-state index in [1.54, 1.807) is 0 Å². The zero-order valence-corrected chi connectivity index (χ0v) is 10.4. The molecule has 0 amide bonds. The zero-order valence-electron chi connectivity index (χ0n) is 11.4. The summed E-state index contributed by atoms with van der Waals surface area (Å²) < 4.78 is 24.0. The van der Waals surface area contributed by atoms with E-state index < -0.39 is 29.3 Å². The highest BCUT2D eigenvalue weighted by molar-refractivity contribution is 6.07. The van der Waals surface area contributed by atoms with Crippen molar-refractivity contribution in [3.05, 3.63) is 23.7 Å². The van der Waals surface area contributed by atoms with E-state index in [2.05, 4.69) is 6.58 Å². The fourth-order valence-electron chi connectivity index (χ4n) is 3.41. The Morgan fingerprint density at radius 3 is 2.89 bits per heavy atom. The van der Waals surface area contributed by atoms with Crippen LogP contribution in [0.4, 0.5) is 0 Å². The molecule has 0 aromatic rings. The van der Waals surface area contributed by atoms with Crippen molar-refractivity contribution in [3.63, 3.8) is 0 Å². The molecule has 4 atom stereocenters. The first kappa shape index (κ1) is 10.6. The summed E-state index contributed by atoms with van der Waals surface area (Å²) >= 11 is 0. The summed E-state index contributed by atoms with van der Waals surface area (Å²) in [5.74, 6) is -0.903. The van der Waals surface area contributed by atoms with Gasteiger partial charge in [-0.25, -0.2) is 0 Å². The number of hydrogen-bond donors (Lipinski definition) is 1. The Hall–Kier alpha value is -1.33. The summed E-state index contributed by atoms with van der Waals surface area (Å²) in [6.07, 6.45) is -0.213. The molecule has 2 fully saturated rings. The third-order valence-electron chi connectivity index (χ3n) is 4.17. The normalized spacial score (nSPS) is 47.2. The Balaban J connectivity index is 2.28. The zero-order chi connectivity index (χ0) is 14.0. The number of ether oxygens (including phenoxy) is 3. The summed E-state index contributed by atoms with van der Waals surface area (Å²) in [7, 11) is 2.70. The van der Waals surface area contributed by atoms with E-state index >= 15 is 0 Å². The maximum Gasteiger partial charge on any atom is 0.236 e. The van der Waals surface area contributed by atoms with Crippen LogP contribution in [0.3, 0.4) is 0 Å². The van der Waals surface area contributed by atoms with Gasteiger partial charge >= 0.3 is 0 Å². The second-order valence-electron chi connectivity index (χ2n) is 4.78. The lowest BCUT2D eigenvalue weighted by atomic mass is 9.81. The lowest BCUT2D eigenvalue weighted by Crippen LogP contribution is -2.55. The Morgan fingerprint density at radius 1 is 1.56 bits per heavy atom. The SMILES string of the molecule is [2H][C@@H]1C(=C)[C@]2(O)C(OC)=C(OC)C(=O)[C@@]23OCC[C@@H]13. The van der Waals surface area contributed by atoms with Crippen molar-refractivity contribution < 1.29 is 25.5 Å². The van der Waals surface area contributed by atoms with Gasteiger partial charge in [-0.15, -0.1) is 0 Å². The molecule has 0 radical (unpaired) electrons. The van der Waals surface area contributed by atoms with Gasteiger partial charge in [-0.1, -0.05) is 6.58 Å². The number of ketones is 1. The van der Waals surface area contributed by atoms with Crippen LogP contribution in [0, 0.1) is 5.92 Å². The summed E-state index contributed by atoms with van der Waals surface area (Å²) in [6.45, 7) is 4.12. The summed E-state index contributed by atoms with van der Waals surface area (Å²) in [4.78, 5) is 12.6. The summed E-state index contributed by atoms with van der Waals surface area (Å²) in [5, 5.41) is 11.0. The van der Waals surface area contributed by atoms with Crippen LogP contribution in [0.5, 0.6) is 0 Å². The van der Waals surface area contributed by atoms with E-state index in [9.17, 15) is 9.90 Å². The highest BCUT2D eigenvalue weighted by Gasteiger charge is 2.76. The lowest BCUT2D eigenvalue weighted by Gasteiger charge is -2.34. The van der Waals surface area contributed by atoms with Crippen molar-refractivity contribution in [3.8, 4) is 0 Å². The molecule has 1 saturated heterocycles. The van der Waals surface area contributed by atoms with Crippen LogP contribution < -0.4 is 0 Å². The smallest absolute Gasteiger partial charge is 0.236 e. The third kappa shape index (κ3) is 0.917. The molecule has 3 aliphatic rings. The average Bonchev–Trinajstić information content (AvgIpc) is 2.97. The highest BCUT2D eigenvalue weighted by atomic mass is 16.6. The maximum atomic E-state index is 12.6. The summed E-state index contributed by atoms with van der Waals surface area (Å²) in [5.41, 5.74) is -3.06. The maximum absolute atomic E-state index is 12.6. The van der Waals surface area contributed by atoms with E-state index in [1.807, 2.05) is 0 Å². The van der Waals surface area contributed by atoms with Gasteiger partial charge in [-0.05, 0) is 18.4 Å². The Labute approximate surface area is 106 Å². The highest BCUT2D eigenvalue weighted by Crippen LogP contribution is 2.61. The summed E-state index contributed by atoms with van der Waals surface area (Å²) in [6, 6.07) is 0. The predicted octanol–water partition coefficient (Wildman–Crippen LogP) is 0.540. The minimum absolute atomic E-state index is 0.00616. The van der Waals surface area contributed by atoms with Crippen LogP contribution in [-0.4, -0.2) is 42.9 Å². The molecular weight excluding hydrogens is 236 g/mol. The van der Waals surface area contributed by atoms with E-state index in [1.165, 1.54) is 14.2 Å². The van der Waals surface area contributed by atoms with Crippen LogP contribution in [0.2, 0.25) is 0 Å². The van der Waals surface area contributed by atoms with Gasteiger partial charge < -0.3 is 19.3 Å². The first-order chi connectivity index (χ1) is 8.96. The predicted molar refractivity (Wildman–Crippen MR) is 61.5 cm³/mol. The van der Waals surface area contributed by atoms with Gasteiger partial charge in [-0.2, -0.15) is 0 Å². The van der Waals surface area contributed by atoms with Crippen molar-refractivity contribution in [2.75, 3.05) is 20.8 Å². The topological polar surface area (TPSA) is 65.0 Å². The van der Waals surface area contributed by atoms with E-state index in [4.69, 9.17) is 15.6 Å². The van der Waals surface area contributed by atoms with Crippen molar-refractivity contribution in [1.29, 1.82) is 0 Å². The molecular formula is C13H16O5. The van der Waals surface area contributed by atoms with Gasteiger partial charge in [0.1, 0.15) is 0 Å². The molecule has 98 valence electrons. The first-order valence-electron chi connectivity index (χ1n) is 6.40. The van der Waals surface area contributed by atoms with E-state index in [0.29, 0.717) is 13.0 Å². The molecule has 0 aromatic carbocycles. The fourth-order valence-corrected chi connectivity index (χ4v) is 3.41. The molecule has 1 N–H and O–H groups in total. The molecule has 5 heteroatoms. The minimum atomic E-state index is -1.79. The number of aliphatic hydroxyl groups is 1. The van der Waals surface area contributed by atoms with E-state index in [0.717, 1.165) is 0 Å². The van der Waals surface area contributed by atoms with Crippen LogP contribution >= 0.6 is 0 Å². The van der Waals surface area contributed by atoms with Crippen molar-refractivity contribution in [1.82, 2.24) is 0 Å². The number of carbonyl (C=O) groups excluding carboxylic acids is 1. The first-order valence-corrected chi connectivity index (χ1v) is 5.82. The molecule has 1 spiro atoms. The lowest BCUT2D eigenvalue weighted by molar-refractivity contribution is -0.157. The van der Waals surface area contributed by atoms with Gasteiger partial charge in [0, 0.05) is 13.9 Å². The van der Waals surface area contributed by atoms with Crippen LogP contribution in [0.1, 0.15) is 14.2 Å². The minimum Gasteiger partial charge on any atom is -0.494 e. The van der Waals surface area contributed by atoms with Crippen LogP contribution in [0.25, 0.3) is 0 Å². The fraction of sp³-hybridized carbons (Fsp3) is 0.615. The van der Waals surface area contributed by atoms with Gasteiger partial charge in [0.2, 0.25) is 11.5 Å². The monoisotopic (exact) mass is 253 g/mol. The largest absolute Gasteiger partial charge is 0.494 e. The van der Waals surface area contributed by atoms with E-state index in [-0.39, 0.29) is 17.1 Å². The molecule has 0 aromatic heterocycles. The van der Waals surface area contributed by atoms with Gasteiger partial charge in [0.25, 0.3) is 0 Å². The molecule has 1 aliphatic heterocycles. The van der Waals surface area contributed by atoms with Crippen LogP contribution in [0.15, 0.2) is 23.7 Å². The van der Waals surface area contributed by atoms with Gasteiger partial charge in [0.05, 0.1) is 14.2 Å². The number of carbonyl (C=O) groups is 1. The Bertz CT molecular complexity index is 513. The molecule has 2 aliphatic carbocycles. The third-order valence-corrected chi connectivity index (χ3v) is 4.17. The van der Waals surface area contributed by atoms with Crippen molar-refractivity contribution in [2.45, 2.75) is 24.0 Å². The standard InChI is InChI=1S/C13H16O5/c1-7-6-8-4-5-18-13(8)10(14)9(16-2)11(17-3)12(7,13)15/h8,15H,1,4-6H2,2-3H3/t8-,12-,13+/m0/s1/i6D/t6-,8+,12+,13-/m1. The van der Waals surface area contributed by atoms with Gasteiger partial charge in [0.15, 0.2) is 17.0 Å². The molecule has 1 heterocycles. The molecule has 3 rings (SSSR count). The van der Waals surface area contributed by atoms with Gasteiger partial charge in [-0.3, -0.25) is 4.79 Å². The molecule has 0 bridgehead atoms. The number of Topliss-reactive ketones (excluding diaryl/α,β-unsaturated/α-hetero) is 1. The number of hydrogen-bond acceptors (Lipinski definition) is 5. The number of methoxy groups -OCH3 is 2. The van der Waals surface area contributed by atoms with Crippen molar-refractivity contribution >= 4 is 5.78 Å². The average molecular weight is 253 g/mol. The van der Waals surface area contributed by atoms with Crippen molar-refractivity contribution in [2.24, 2.45) is 5.92 Å². The molecule has 5 nitrogen and oxygen atoms in total. The molecule has 0 unspecified atom stereocenters.